The highest BCUT2D eigenvalue weighted by Gasteiger charge is 2.00. The Morgan fingerprint density at radius 3 is 2.69 bits per heavy atom. The first-order chi connectivity index (χ1) is 7.65. The molecular formula is C13H13ClN2. The van der Waals surface area contributed by atoms with Crippen LogP contribution >= 0.6 is 11.6 Å². The van der Waals surface area contributed by atoms with Crippen LogP contribution in [-0.2, 0) is 0 Å². The summed E-state index contributed by atoms with van der Waals surface area (Å²) in [6.45, 7) is 4.00. The van der Waals surface area contributed by atoms with Crippen LogP contribution in [-0.4, -0.2) is 4.98 Å². The normalized spacial score (nSPS) is 10.2. The number of hydrogen-bond acceptors (Lipinski definition) is 2. The van der Waals surface area contributed by atoms with Crippen molar-refractivity contribution in [3.05, 3.63) is 52.7 Å². The van der Waals surface area contributed by atoms with Crippen molar-refractivity contribution in [1.29, 1.82) is 0 Å². The van der Waals surface area contributed by atoms with Crippen molar-refractivity contribution in [2.75, 3.05) is 5.32 Å². The molecule has 2 aromatic rings. The first-order valence-electron chi connectivity index (χ1n) is 5.12. The Kier molecular flexibility index (Phi) is 3.11. The highest BCUT2D eigenvalue weighted by atomic mass is 35.5. The van der Waals surface area contributed by atoms with Crippen molar-refractivity contribution in [3.8, 4) is 0 Å². The summed E-state index contributed by atoms with van der Waals surface area (Å²) in [5, 5.41) is 3.98. The molecule has 0 aliphatic heterocycles. The fourth-order valence-electron chi connectivity index (χ4n) is 1.48. The van der Waals surface area contributed by atoms with E-state index < -0.39 is 0 Å². The van der Waals surface area contributed by atoms with Crippen LogP contribution in [0.15, 0.2) is 36.4 Å². The van der Waals surface area contributed by atoms with Crippen LogP contribution in [0.4, 0.5) is 11.5 Å². The minimum atomic E-state index is 0.723. The van der Waals surface area contributed by atoms with Crippen LogP contribution in [0, 0.1) is 13.8 Å². The summed E-state index contributed by atoms with van der Waals surface area (Å²) in [5.74, 6) is 0.838. The Morgan fingerprint density at radius 1 is 1.12 bits per heavy atom. The molecule has 1 aromatic heterocycles. The Bertz CT molecular complexity index is 509. The number of rotatable bonds is 2. The quantitative estimate of drug-likeness (QED) is 0.844. The van der Waals surface area contributed by atoms with Crippen LogP contribution in [0.2, 0.25) is 5.02 Å². The van der Waals surface area contributed by atoms with Crippen LogP contribution in [0.1, 0.15) is 11.3 Å². The second-order valence-electron chi connectivity index (χ2n) is 3.75. The largest absolute Gasteiger partial charge is 0.340 e. The summed E-state index contributed by atoms with van der Waals surface area (Å²) in [4.78, 5) is 4.39. The van der Waals surface area contributed by atoms with E-state index in [0.29, 0.717) is 0 Å². The molecule has 0 aliphatic carbocycles. The summed E-state index contributed by atoms with van der Waals surface area (Å²) < 4.78 is 0. The minimum absolute atomic E-state index is 0.723. The summed E-state index contributed by atoms with van der Waals surface area (Å²) in [6, 6.07) is 11.7. The number of benzene rings is 1. The number of aryl methyl sites for hydroxylation is 2. The monoisotopic (exact) mass is 232 g/mol. The standard InChI is InChI=1S/C13H13ClN2/c1-9-6-7-11(14)8-12(9)16-13-5-3-4-10(2)15-13/h3-8H,1-2H3,(H,15,16). The molecule has 16 heavy (non-hydrogen) atoms. The lowest BCUT2D eigenvalue weighted by Gasteiger charge is -2.09. The number of pyridine rings is 1. The van der Waals surface area contributed by atoms with E-state index in [1.807, 2.05) is 50.2 Å². The van der Waals surface area contributed by atoms with Crippen LogP contribution in [0.5, 0.6) is 0 Å². The van der Waals surface area contributed by atoms with Crippen molar-refractivity contribution in [3.63, 3.8) is 0 Å². The Morgan fingerprint density at radius 2 is 1.94 bits per heavy atom. The van der Waals surface area contributed by atoms with E-state index >= 15 is 0 Å². The summed E-state index contributed by atoms with van der Waals surface area (Å²) in [7, 11) is 0. The van der Waals surface area contributed by atoms with Gasteiger partial charge >= 0.3 is 0 Å². The first kappa shape index (κ1) is 11.0. The van der Waals surface area contributed by atoms with E-state index in [9.17, 15) is 0 Å². The lowest BCUT2D eigenvalue weighted by molar-refractivity contribution is 1.20. The van der Waals surface area contributed by atoms with Gasteiger partial charge in [0.2, 0.25) is 0 Å². The number of nitrogens with zero attached hydrogens (tertiary/aromatic N) is 1. The van der Waals surface area contributed by atoms with E-state index in [0.717, 1.165) is 27.8 Å². The number of anilines is 2. The molecule has 1 heterocycles. The van der Waals surface area contributed by atoms with Crippen molar-refractivity contribution in [2.24, 2.45) is 0 Å². The van der Waals surface area contributed by atoms with Gasteiger partial charge in [0.25, 0.3) is 0 Å². The zero-order valence-corrected chi connectivity index (χ0v) is 10.0. The molecule has 1 aromatic carbocycles. The van der Waals surface area contributed by atoms with Crippen molar-refractivity contribution in [2.45, 2.75) is 13.8 Å². The molecule has 0 atom stereocenters. The molecule has 1 N–H and O–H groups in total. The topological polar surface area (TPSA) is 24.9 Å². The predicted octanol–water partition coefficient (Wildman–Crippen LogP) is 4.10. The smallest absolute Gasteiger partial charge is 0.130 e. The lowest BCUT2D eigenvalue weighted by Crippen LogP contribution is -1.96. The van der Waals surface area contributed by atoms with Gasteiger partial charge in [-0.2, -0.15) is 0 Å². The van der Waals surface area contributed by atoms with Crippen molar-refractivity contribution < 1.29 is 0 Å². The maximum absolute atomic E-state index is 5.95. The van der Waals surface area contributed by atoms with Gasteiger partial charge in [-0.3, -0.25) is 0 Å². The van der Waals surface area contributed by atoms with E-state index in [1.54, 1.807) is 0 Å². The van der Waals surface area contributed by atoms with Gasteiger partial charge in [-0.25, -0.2) is 4.98 Å². The zero-order chi connectivity index (χ0) is 11.5. The average molecular weight is 233 g/mol. The number of nitrogens with one attached hydrogen (secondary N) is 1. The molecule has 0 fully saturated rings. The van der Waals surface area contributed by atoms with E-state index in [-0.39, 0.29) is 0 Å². The Balaban J connectivity index is 2.30. The third kappa shape index (κ3) is 2.52. The molecule has 2 nitrogen and oxygen atoms in total. The molecule has 0 aliphatic rings. The summed E-state index contributed by atoms with van der Waals surface area (Å²) >= 11 is 5.95. The molecule has 0 radical (unpaired) electrons. The van der Waals surface area contributed by atoms with Gasteiger partial charge < -0.3 is 5.32 Å². The van der Waals surface area contributed by atoms with Gasteiger partial charge in [0, 0.05) is 16.4 Å². The number of aromatic nitrogens is 1. The van der Waals surface area contributed by atoms with Gasteiger partial charge in [-0.15, -0.1) is 0 Å². The van der Waals surface area contributed by atoms with Gasteiger partial charge in [-0.05, 0) is 43.7 Å². The van der Waals surface area contributed by atoms with Gasteiger partial charge in [0.15, 0.2) is 0 Å². The maximum Gasteiger partial charge on any atom is 0.130 e. The highest BCUT2D eigenvalue weighted by molar-refractivity contribution is 6.30. The minimum Gasteiger partial charge on any atom is -0.340 e. The molecule has 0 bridgehead atoms. The number of halogens is 1. The van der Waals surface area contributed by atoms with E-state index in [2.05, 4.69) is 10.3 Å². The first-order valence-corrected chi connectivity index (χ1v) is 5.50. The molecular weight excluding hydrogens is 220 g/mol. The predicted molar refractivity (Wildman–Crippen MR) is 68.4 cm³/mol. The van der Waals surface area contributed by atoms with Gasteiger partial charge in [0.1, 0.15) is 5.82 Å². The zero-order valence-electron chi connectivity index (χ0n) is 9.29. The fourth-order valence-corrected chi connectivity index (χ4v) is 1.65. The molecule has 0 saturated heterocycles. The van der Waals surface area contributed by atoms with Crippen molar-refractivity contribution in [1.82, 2.24) is 4.98 Å². The lowest BCUT2D eigenvalue weighted by atomic mass is 10.2. The highest BCUT2D eigenvalue weighted by Crippen LogP contribution is 2.23. The van der Waals surface area contributed by atoms with E-state index in [4.69, 9.17) is 11.6 Å². The molecule has 0 amide bonds. The Labute approximate surface area is 100 Å². The third-order valence-electron chi connectivity index (χ3n) is 2.35. The number of hydrogen-bond donors (Lipinski definition) is 1. The maximum atomic E-state index is 5.95. The van der Waals surface area contributed by atoms with Crippen LogP contribution < -0.4 is 5.32 Å². The SMILES string of the molecule is Cc1cccc(Nc2cc(Cl)ccc2C)n1. The fraction of sp³-hybridized carbons (Fsp3) is 0.154. The van der Waals surface area contributed by atoms with E-state index in [1.165, 1.54) is 0 Å². The summed E-state index contributed by atoms with van der Waals surface area (Å²) in [6.07, 6.45) is 0. The molecule has 0 unspecified atom stereocenters. The second-order valence-corrected chi connectivity index (χ2v) is 4.18. The van der Waals surface area contributed by atoms with Gasteiger partial charge in [0.05, 0.1) is 0 Å². The second kappa shape index (κ2) is 4.54. The van der Waals surface area contributed by atoms with Crippen molar-refractivity contribution >= 4 is 23.1 Å². The van der Waals surface area contributed by atoms with Gasteiger partial charge in [-0.1, -0.05) is 23.7 Å². The molecule has 82 valence electrons. The Hall–Kier alpha value is -1.54. The average Bonchev–Trinajstić information content (AvgIpc) is 2.24. The summed E-state index contributed by atoms with van der Waals surface area (Å²) in [5.41, 5.74) is 3.13. The van der Waals surface area contributed by atoms with Crippen LogP contribution in [0.25, 0.3) is 0 Å². The third-order valence-corrected chi connectivity index (χ3v) is 2.59. The molecule has 2 rings (SSSR count). The molecule has 0 saturated carbocycles. The molecule has 3 heteroatoms. The van der Waals surface area contributed by atoms with Crippen LogP contribution in [0.3, 0.4) is 0 Å². The molecule has 0 spiro atoms.